The summed E-state index contributed by atoms with van der Waals surface area (Å²) in [6.07, 6.45) is 1.94. The average molecular weight is 467 g/mol. The van der Waals surface area contributed by atoms with Gasteiger partial charge in [-0.1, -0.05) is 68.3 Å². The normalized spacial score (nSPS) is 13.0. The van der Waals surface area contributed by atoms with Crippen molar-refractivity contribution in [2.75, 3.05) is 19.7 Å². The third kappa shape index (κ3) is 6.37. The zero-order valence-corrected chi connectivity index (χ0v) is 20.0. The molecule has 1 aliphatic carbocycles. The van der Waals surface area contributed by atoms with Crippen molar-refractivity contribution < 1.29 is 24.2 Å². The summed E-state index contributed by atoms with van der Waals surface area (Å²) in [5.41, 5.74) is 4.62. The second-order valence-electron chi connectivity index (χ2n) is 8.63. The van der Waals surface area contributed by atoms with E-state index < -0.39 is 12.1 Å². The highest BCUT2D eigenvalue weighted by atomic mass is 16.5. The molecule has 1 unspecified atom stereocenters. The molecule has 0 heterocycles. The molecule has 2 aromatic rings. The van der Waals surface area contributed by atoms with Gasteiger partial charge in [-0.05, 0) is 35.6 Å². The Labute approximate surface area is 201 Å². The molecule has 0 radical (unpaired) electrons. The van der Waals surface area contributed by atoms with Crippen LogP contribution in [0.15, 0.2) is 48.5 Å². The number of alkyl carbamates (subject to hydrolysis) is 1. The fourth-order valence-corrected chi connectivity index (χ4v) is 4.51. The summed E-state index contributed by atoms with van der Waals surface area (Å²) in [6.45, 7) is 4.68. The first kappa shape index (κ1) is 25.3. The van der Waals surface area contributed by atoms with Gasteiger partial charge in [0.1, 0.15) is 6.61 Å². The van der Waals surface area contributed by atoms with E-state index in [1.165, 1.54) is 16.0 Å². The van der Waals surface area contributed by atoms with E-state index >= 15 is 0 Å². The smallest absolute Gasteiger partial charge is 0.407 e. The number of hydrogen-bond donors (Lipinski definition) is 2. The number of benzene rings is 2. The van der Waals surface area contributed by atoms with Crippen molar-refractivity contribution in [1.29, 1.82) is 0 Å². The molecular formula is C27H34N2O5. The summed E-state index contributed by atoms with van der Waals surface area (Å²) in [6, 6.07) is 16.0. The highest BCUT2D eigenvalue weighted by molar-refractivity contribution is 5.80. The number of unbranched alkanes of at least 4 members (excludes halogenated alkanes) is 1. The maximum absolute atomic E-state index is 12.7. The van der Waals surface area contributed by atoms with Crippen LogP contribution in [0.25, 0.3) is 11.1 Å². The zero-order valence-electron chi connectivity index (χ0n) is 20.0. The van der Waals surface area contributed by atoms with Crippen molar-refractivity contribution in [3.05, 3.63) is 59.7 Å². The van der Waals surface area contributed by atoms with Crippen LogP contribution in [0.5, 0.6) is 0 Å². The Morgan fingerprint density at radius 3 is 2.21 bits per heavy atom. The minimum atomic E-state index is -0.939. The molecule has 7 heteroatoms. The number of fused-ring (bicyclic) bond motifs is 3. The molecule has 182 valence electrons. The number of carboxylic acid groups (broad SMARTS) is 1. The van der Waals surface area contributed by atoms with Gasteiger partial charge in [0.25, 0.3) is 0 Å². The van der Waals surface area contributed by atoms with Crippen molar-refractivity contribution >= 4 is 18.0 Å². The molecule has 0 spiro atoms. The Bertz CT molecular complexity index is 961. The highest BCUT2D eigenvalue weighted by Crippen LogP contribution is 2.44. The predicted molar refractivity (Wildman–Crippen MR) is 131 cm³/mol. The molecule has 1 atom stereocenters. The first-order chi connectivity index (χ1) is 16.4. The Morgan fingerprint density at radius 2 is 1.65 bits per heavy atom. The van der Waals surface area contributed by atoms with E-state index in [4.69, 9.17) is 9.84 Å². The molecule has 2 N–H and O–H groups in total. The van der Waals surface area contributed by atoms with Crippen LogP contribution in [0.4, 0.5) is 4.79 Å². The number of hydrogen-bond acceptors (Lipinski definition) is 4. The summed E-state index contributed by atoms with van der Waals surface area (Å²) in [7, 11) is 0. The largest absolute Gasteiger partial charge is 0.481 e. The summed E-state index contributed by atoms with van der Waals surface area (Å²) in [5, 5.41) is 11.8. The molecule has 7 nitrogen and oxygen atoms in total. The van der Waals surface area contributed by atoms with E-state index in [1.54, 1.807) is 0 Å². The van der Waals surface area contributed by atoms with Crippen molar-refractivity contribution in [3.63, 3.8) is 0 Å². The van der Waals surface area contributed by atoms with Crippen molar-refractivity contribution in [1.82, 2.24) is 10.2 Å². The maximum atomic E-state index is 12.7. The van der Waals surface area contributed by atoms with Crippen LogP contribution < -0.4 is 5.32 Å². The minimum absolute atomic E-state index is 0.0273. The minimum Gasteiger partial charge on any atom is -0.481 e. The van der Waals surface area contributed by atoms with Gasteiger partial charge in [-0.15, -0.1) is 0 Å². The standard InChI is InChI=1S/C27H34N2O5/c1-3-5-10-19(17-25(30)29(4-2)16-15-26(31)32)28-27(33)34-18-24-22-13-8-6-11-20(22)21-12-7-9-14-23(21)24/h6-9,11-14,19,24H,3-5,10,15-18H2,1-2H3,(H,28,33)(H,31,32). The SMILES string of the molecule is CCCCC(CC(=O)N(CC)CCC(=O)O)NC(=O)OCC1c2ccccc2-c2ccccc21. The molecular weight excluding hydrogens is 432 g/mol. The van der Waals surface area contributed by atoms with Crippen molar-refractivity contribution in [2.24, 2.45) is 0 Å². The number of amides is 2. The zero-order chi connectivity index (χ0) is 24.5. The van der Waals surface area contributed by atoms with Crippen molar-refractivity contribution in [3.8, 4) is 11.1 Å². The molecule has 34 heavy (non-hydrogen) atoms. The molecule has 0 saturated carbocycles. The van der Waals surface area contributed by atoms with Crippen molar-refractivity contribution in [2.45, 2.75) is 57.9 Å². The molecule has 0 aliphatic heterocycles. The number of nitrogens with one attached hydrogen (secondary N) is 1. The van der Waals surface area contributed by atoms with Crippen LogP contribution in [-0.2, 0) is 14.3 Å². The van der Waals surface area contributed by atoms with Gasteiger partial charge in [-0.25, -0.2) is 4.79 Å². The van der Waals surface area contributed by atoms with Crippen LogP contribution in [0, 0.1) is 0 Å². The summed E-state index contributed by atoms with van der Waals surface area (Å²) < 4.78 is 5.64. The number of ether oxygens (including phenoxy) is 1. The molecule has 1 aliphatic rings. The number of carbonyl (C=O) groups is 3. The predicted octanol–water partition coefficient (Wildman–Crippen LogP) is 4.80. The second kappa shape index (κ2) is 12.2. The number of aliphatic carboxylic acids is 1. The topological polar surface area (TPSA) is 95.9 Å². The Kier molecular flexibility index (Phi) is 9.08. The number of carbonyl (C=O) groups excluding carboxylic acids is 2. The van der Waals surface area contributed by atoms with Gasteiger partial charge in [0, 0.05) is 31.5 Å². The van der Waals surface area contributed by atoms with Crippen LogP contribution in [0.2, 0.25) is 0 Å². The van der Waals surface area contributed by atoms with E-state index in [0.717, 1.165) is 24.0 Å². The van der Waals surface area contributed by atoms with Gasteiger partial charge in [-0.2, -0.15) is 0 Å². The number of carboxylic acids is 1. The maximum Gasteiger partial charge on any atom is 0.407 e. The van der Waals surface area contributed by atoms with Gasteiger partial charge in [0.2, 0.25) is 5.91 Å². The fourth-order valence-electron chi connectivity index (χ4n) is 4.51. The van der Waals surface area contributed by atoms with Gasteiger partial charge in [-0.3, -0.25) is 9.59 Å². The van der Waals surface area contributed by atoms with Crippen LogP contribution in [-0.4, -0.2) is 53.7 Å². The molecule has 0 fully saturated rings. The molecule has 0 aromatic heterocycles. The van der Waals surface area contributed by atoms with E-state index in [0.29, 0.717) is 13.0 Å². The number of nitrogens with zero attached hydrogens (tertiary/aromatic N) is 1. The lowest BCUT2D eigenvalue weighted by molar-refractivity contribution is -0.138. The lowest BCUT2D eigenvalue weighted by Gasteiger charge is -2.24. The summed E-state index contributed by atoms with van der Waals surface area (Å²) >= 11 is 0. The van der Waals surface area contributed by atoms with E-state index in [-0.39, 0.29) is 43.9 Å². The highest BCUT2D eigenvalue weighted by Gasteiger charge is 2.29. The monoisotopic (exact) mass is 466 g/mol. The molecule has 0 saturated heterocycles. The number of rotatable bonds is 12. The first-order valence-corrected chi connectivity index (χ1v) is 12.1. The lowest BCUT2D eigenvalue weighted by atomic mass is 9.98. The fraction of sp³-hybridized carbons (Fsp3) is 0.444. The third-order valence-electron chi connectivity index (χ3n) is 6.32. The Balaban J connectivity index is 1.61. The lowest BCUT2D eigenvalue weighted by Crippen LogP contribution is -2.41. The van der Waals surface area contributed by atoms with Crippen LogP contribution in [0.1, 0.15) is 63.0 Å². The summed E-state index contributed by atoms with van der Waals surface area (Å²) in [5.74, 6) is -1.13. The van der Waals surface area contributed by atoms with E-state index in [9.17, 15) is 14.4 Å². The molecule has 3 rings (SSSR count). The van der Waals surface area contributed by atoms with Gasteiger partial charge < -0.3 is 20.1 Å². The van der Waals surface area contributed by atoms with Crippen LogP contribution >= 0.6 is 0 Å². The second-order valence-corrected chi connectivity index (χ2v) is 8.63. The van der Waals surface area contributed by atoms with Gasteiger partial charge >= 0.3 is 12.1 Å². The average Bonchev–Trinajstić information content (AvgIpc) is 3.15. The molecule has 0 bridgehead atoms. The van der Waals surface area contributed by atoms with E-state index in [1.807, 2.05) is 31.2 Å². The Hall–Kier alpha value is -3.35. The van der Waals surface area contributed by atoms with Gasteiger partial charge in [0.05, 0.1) is 6.42 Å². The summed E-state index contributed by atoms with van der Waals surface area (Å²) in [4.78, 5) is 37.8. The first-order valence-electron chi connectivity index (χ1n) is 12.1. The molecule has 2 aromatic carbocycles. The van der Waals surface area contributed by atoms with E-state index in [2.05, 4.69) is 36.5 Å². The third-order valence-corrected chi connectivity index (χ3v) is 6.32. The van der Waals surface area contributed by atoms with Gasteiger partial charge in [0.15, 0.2) is 0 Å². The molecule has 2 amide bonds. The Morgan fingerprint density at radius 1 is 1.03 bits per heavy atom. The van der Waals surface area contributed by atoms with Crippen LogP contribution in [0.3, 0.4) is 0 Å². The quantitative estimate of drug-likeness (QED) is 0.469.